The molecule has 10 nitrogen and oxygen atoms in total. The van der Waals surface area contributed by atoms with Gasteiger partial charge in [0.25, 0.3) is 17.3 Å². The van der Waals surface area contributed by atoms with E-state index >= 15 is 0 Å². The molecule has 2 N–H and O–H groups in total. The van der Waals surface area contributed by atoms with Crippen LogP contribution in [0.25, 0.3) is 0 Å². The second kappa shape index (κ2) is 6.74. The van der Waals surface area contributed by atoms with Crippen LogP contribution in [-0.2, 0) is 0 Å². The number of rotatable bonds is 5. The third-order valence-electron chi connectivity index (χ3n) is 3.41. The lowest BCUT2D eigenvalue weighted by Gasteiger charge is -2.08. The number of carbonyl (C=O) groups is 2. The van der Waals surface area contributed by atoms with Gasteiger partial charge in [-0.25, -0.2) is 4.79 Å². The summed E-state index contributed by atoms with van der Waals surface area (Å²) in [6, 6.07) is 6.93. The Kier molecular flexibility index (Phi) is 4.73. The average Bonchev–Trinajstić information content (AvgIpc) is 2.54. The zero-order valence-electron chi connectivity index (χ0n) is 12.8. The highest BCUT2D eigenvalue weighted by Crippen LogP contribution is 2.28. The molecule has 0 spiro atoms. The summed E-state index contributed by atoms with van der Waals surface area (Å²) in [5.74, 6) is -1.92. The maximum absolute atomic E-state index is 12.3. The molecule has 0 heterocycles. The molecule has 0 atom stereocenters. The van der Waals surface area contributed by atoms with Gasteiger partial charge in [0.1, 0.15) is 0 Å². The Morgan fingerprint density at radius 2 is 1.64 bits per heavy atom. The van der Waals surface area contributed by atoms with E-state index in [1.165, 1.54) is 31.2 Å². The third-order valence-corrected chi connectivity index (χ3v) is 3.41. The number of hydrogen-bond acceptors (Lipinski definition) is 6. The first-order valence-electron chi connectivity index (χ1n) is 6.79. The molecule has 0 fully saturated rings. The average molecular weight is 345 g/mol. The molecule has 25 heavy (non-hydrogen) atoms. The molecule has 128 valence electrons. The largest absolute Gasteiger partial charge is 0.478 e. The number of nitrogens with one attached hydrogen (secondary N) is 1. The zero-order chi connectivity index (χ0) is 18.7. The molecule has 0 saturated heterocycles. The number of benzene rings is 2. The molecule has 0 saturated carbocycles. The van der Waals surface area contributed by atoms with Crippen LogP contribution in [-0.4, -0.2) is 26.8 Å². The first kappa shape index (κ1) is 17.5. The van der Waals surface area contributed by atoms with Crippen molar-refractivity contribution in [1.82, 2.24) is 0 Å². The van der Waals surface area contributed by atoms with Gasteiger partial charge in [-0.05, 0) is 31.2 Å². The van der Waals surface area contributed by atoms with Crippen LogP contribution >= 0.6 is 0 Å². The minimum Gasteiger partial charge on any atom is -0.478 e. The lowest BCUT2D eigenvalue weighted by Crippen LogP contribution is -2.15. The summed E-state index contributed by atoms with van der Waals surface area (Å²) in [6.45, 7) is 1.31. The lowest BCUT2D eigenvalue weighted by atomic mass is 10.0. The summed E-state index contributed by atoms with van der Waals surface area (Å²) in [7, 11) is 0. The number of nitrogens with zero attached hydrogens (tertiary/aromatic N) is 2. The smallest absolute Gasteiger partial charge is 0.335 e. The molecule has 0 aliphatic heterocycles. The quantitative estimate of drug-likeness (QED) is 0.624. The third kappa shape index (κ3) is 3.75. The van der Waals surface area contributed by atoms with Crippen LogP contribution in [0, 0.1) is 27.2 Å². The Labute approximate surface area is 140 Å². The normalized spacial score (nSPS) is 10.1. The second-order valence-electron chi connectivity index (χ2n) is 4.99. The number of anilines is 1. The van der Waals surface area contributed by atoms with E-state index in [2.05, 4.69) is 5.32 Å². The molecule has 0 bridgehead atoms. The van der Waals surface area contributed by atoms with Crippen molar-refractivity contribution in [2.24, 2.45) is 0 Å². The van der Waals surface area contributed by atoms with Gasteiger partial charge in [-0.1, -0.05) is 0 Å². The van der Waals surface area contributed by atoms with E-state index in [0.717, 1.165) is 12.1 Å². The molecule has 2 aromatic rings. The zero-order valence-corrected chi connectivity index (χ0v) is 12.8. The van der Waals surface area contributed by atoms with E-state index in [9.17, 15) is 29.8 Å². The second-order valence-corrected chi connectivity index (χ2v) is 4.99. The van der Waals surface area contributed by atoms with Gasteiger partial charge in [-0.15, -0.1) is 0 Å². The van der Waals surface area contributed by atoms with Gasteiger partial charge in [-0.3, -0.25) is 25.0 Å². The summed E-state index contributed by atoms with van der Waals surface area (Å²) < 4.78 is 0. The molecular formula is C15H11N3O7. The molecule has 0 aliphatic rings. The van der Waals surface area contributed by atoms with Crippen LogP contribution in [0.1, 0.15) is 26.3 Å². The molecule has 0 radical (unpaired) electrons. The number of nitro groups is 2. The van der Waals surface area contributed by atoms with Gasteiger partial charge in [0.2, 0.25) is 0 Å². The minimum atomic E-state index is -1.14. The van der Waals surface area contributed by atoms with E-state index in [0.29, 0.717) is 0 Å². The van der Waals surface area contributed by atoms with Crippen molar-refractivity contribution in [3.05, 3.63) is 73.3 Å². The number of carboxylic acids is 1. The van der Waals surface area contributed by atoms with Crippen LogP contribution in [0.5, 0.6) is 0 Å². The van der Waals surface area contributed by atoms with Crippen molar-refractivity contribution < 1.29 is 24.5 Å². The van der Waals surface area contributed by atoms with E-state index in [1.807, 2.05) is 0 Å². The van der Waals surface area contributed by atoms with Crippen molar-refractivity contribution in [3.8, 4) is 0 Å². The monoisotopic (exact) mass is 345 g/mol. The van der Waals surface area contributed by atoms with Gasteiger partial charge >= 0.3 is 5.97 Å². The van der Waals surface area contributed by atoms with E-state index in [4.69, 9.17) is 5.11 Å². The lowest BCUT2D eigenvalue weighted by molar-refractivity contribution is -0.394. The van der Waals surface area contributed by atoms with Gasteiger partial charge in [-0.2, -0.15) is 0 Å². The molecule has 2 aromatic carbocycles. The first-order chi connectivity index (χ1) is 11.7. The van der Waals surface area contributed by atoms with Crippen LogP contribution in [0.15, 0.2) is 36.4 Å². The highest BCUT2D eigenvalue weighted by molar-refractivity contribution is 6.06. The topological polar surface area (TPSA) is 153 Å². The van der Waals surface area contributed by atoms with Gasteiger partial charge < -0.3 is 10.4 Å². The number of nitro benzene ring substituents is 2. The van der Waals surface area contributed by atoms with Crippen LogP contribution in [0.3, 0.4) is 0 Å². The van der Waals surface area contributed by atoms with Crippen molar-refractivity contribution in [3.63, 3.8) is 0 Å². The first-order valence-corrected chi connectivity index (χ1v) is 6.79. The molecule has 2 rings (SSSR count). The summed E-state index contributed by atoms with van der Waals surface area (Å²) in [4.78, 5) is 43.4. The van der Waals surface area contributed by atoms with Crippen molar-refractivity contribution in [2.75, 3.05) is 5.32 Å². The predicted octanol–water partition coefficient (Wildman–Crippen LogP) is 2.76. The number of carboxylic acid groups (broad SMARTS) is 1. The highest BCUT2D eigenvalue weighted by Gasteiger charge is 2.24. The van der Waals surface area contributed by atoms with E-state index in [-0.39, 0.29) is 22.4 Å². The Balaban J connectivity index is 2.39. The number of aromatic carboxylic acids is 1. The Bertz CT molecular complexity index is 891. The van der Waals surface area contributed by atoms with Crippen molar-refractivity contribution in [2.45, 2.75) is 6.92 Å². The van der Waals surface area contributed by atoms with Crippen molar-refractivity contribution >= 4 is 28.9 Å². The Morgan fingerprint density at radius 1 is 1.04 bits per heavy atom. The predicted molar refractivity (Wildman–Crippen MR) is 85.8 cm³/mol. The Morgan fingerprint density at radius 3 is 2.12 bits per heavy atom. The Hall–Kier alpha value is -3.82. The van der Waals surface area contributed by atoms with Crippen LogP contribution < -0.4 is 5.32 Å². The summed E-state index contributed by atoms with van der Waals surface area (Å²) in [5.41, 5.74) is -1.11. The minimum absolute atomic E-state index is 0.0140. The standard InChI is InChI=1S/C15H11N3O7/c1-8-12(6-11(17(22)23)7-13(8)18(24)25)14(19)16-10-4-2-9(3-5-10)15(20)21/h2-7H,1H3,(H,16,19)(H,20,21). The number of hydrogen-bond donors (Lipinski definition) is 2. The van der Waals surface area contributed by atoms with E-state index in [1.54, 1.807) is 0 Å². The molecule has 0 aliphatic carbocycles. The molecule has 10 heteroatoms. The summed E-state index contributed by atoms with van der Waals surface area (Å²) in [6.07, 6.45) is 0. The molecule has 0 unspecified atom stereocenters. The van der Waals surface area contributed by atoms with Gasteiger partial charge in [0, 0.05) is 17.3 Å². The maximum Gasteiger partial charge on any atom is 0.335 e. The number of amides is 1. The van der Waals surface area contributed by atoms with Gasteiger partial charge in [0.05, 0.1) is 27.0 Å². The molecule has 0 aromatic heterocycles. The molecule has 1 amide bonds. The maximum atomic E-state index is 12.3. The molecular weight excluding hydrogens is 334 g/mol. The fourth-order valence-corrected chi connectivity index (χ4v) is 2.11. The fraction of sp³-hybridized carbons (Fsp3) is 0.0667. The fourth-order valence-electron chi connectivity index (χ4n) is 2.11. The highest BCUT2D eigenvalue weighted by atomic mass is 16.6. The SMILES string of the molecule is Cc1c(C(=O)Nc2ccc(C(=O)O)cc2)cc([N+](=O)[O-])cc1[N+](=O)[O-]. The van der Waals surface area contributed by atoms with Crippen molar-refractivity contribution in [1.29, 1.82) is 0 Å². The van der Waals surface area contributed by atoms with Crippen LogP contribution in [0.4, 0.5) is 17.1 Å². The van der Waals surface area contributed by atoms with E-state index < -0.39 is 33.1 Å². The number of non-ortho nitro benzene ring substituents is 1. The summed E-state index contributed by atoms with van der Waals surface area (Å²) in [5, 5.41) is 33.2. The van der Waals surface area contributed by atoms with Crippen LogP contribution in [0.2, 0.25) is 0 Å². The number of carbonyl (C=O) groups excluding carboxylic acids is 1. The summed E-state index contributed by atoms with van der Waals surface area (Å²) >= 11 is 0. The van der Waals surface area contributed by atoms with Gasteiger partial charge in [0.15, 0.2) is 0 Å².